The number of esters is 1. The number of ether oxygens (including phenoxy) is 2. The van der Waals surface area contributed by atoms with Crippen LogP contribution in [0.15, 0.2) is 285 Å². The van der Waals surface area contributed by atoms with Crippen LogP contribution in [0, 0.1) is 0 Å². The van der Waals surface area contributed by atoms with Gasteiger partial charge in [-0.25, -0.2) is 24.4 Å². The zero-order valence-corrected chi connectivity index (χ0v) is 78.4. The molecule has 5 saturated heterocycles. The van der Waals surface area contributed by atoms with Crippen molar-refractivity contribution in [2.45, 2.75) is 128 Å². The van der Waals surface area contributed by atoms with Gasteiger partial charge in [0.05, 0.1) is 21.8 Å². The number of rotatable bonds is 17. The van der Waals surface area contributed by atoms with Crippen molar-refractivity contribution in [1.82, 2.24) is 48.5 Å². The van der Waals surface area contributed by atoms with Crippen molar-refractivity contribution in [2.24, 2.45) is 0 Å². The van der Waals surface area contributed by atoms with E-state index in [2.05, 4.69) is 120 Å². The number of thiol groups is 1. The Morgan fingerprint density at radius 2 is 0.847 bits per heavy atom. The molecular weight excluding hydrogens is 2070 g/mol. The number of amides is 4. The number of allylic oxidation sites excluding steroid dienone is 4. The first-order chi connectivity index (χ1) is 58.4. The van der Waals surface area contributed by atoms with Crippen LogP contribution in [-0.4, -0.2) is 222 Å². The molecular formula is C83H97F12IN10O11S5Sb2-2. The predicted molar refractivity (Wildman–Crippen MR) is 476 cm³/mol. The van der Waals surface area contributed by atoms with E-state index in [0.29, 0.717) is 68.5 Å². The van der Waals surface area contributed by atoms with E-state index in [9.17, 15) is 71.9 Å². The maximum absolute atomic E-state index is 13.4. The summed E-state index contributed by atoms with van der Waals surface area (Å²) in [7, 11) is -0.423. The monoisotopic (exact) mass is 2170 g/mol. The molecule has 7 heterocycles. The fourth-order valence-electron chi connectivity index (χ4n) is 11.9. The van der Waals surface area contributed by atoms with Gasteiger partial charge in [-0.05, 0) is 242 Å². The second kappa shape index (κ2) is 54.4. The number of likely N-dealkylation sites (tertiary alicyclic amines) is 2. The third-order valence-electron chi connectivity index (χ3n) is 17.4. The number of phenols is 1. The Morgan fingerprint density at radius 1 is 0.548 bits per heavy atom. The Morgan fingerprint density at radius 3 is 1.13 bits per heavy atom. The molecule has 678 valence electrons. The van der Waals surface area contributed by atoms with Gasteiger partial charge < -0.3 is 52.3 Å². The van der Waals surface area contributed by atoms with Gasteiger partial charge in [-0.15, -0.1) is 0 Å². The second-order valence-electron chi connectivity index (χ2n) is 25.6. The quantitative estimate of drug-likeness (QED) is 0.00701. The van der Waals surface area contributed by atoms with Gasteiger partial charge in [0.25, 0.3) is 23.6 Å². The van der Waals surface area contributed by atoms with Gasteiger partial charge in [0.15, 0.2) is 39.6 Å². The zero-order valence-electron chi connectivity index (χ0n) is 68.7. The van der Waals surface area contributed by atoms with E-state index < -0.39 is 82.3 Å². The first-order valence-electron chi connectivity index (χ1n) is 38.5. The molecule has 2 N–H and O–H groups in total. The van der Waals surface area contributed by atoms with Crippen LogP contribution in [0.1, 0.15) is 87.9 Å². The van der Waals surface area contributed by atoms with Crippen molar-refractivity contribution in [2.75, 3.05) is 57.4 Å². The van der Waals surface area contributed by atoms with E-state index in [1.807, 2.05) is 102 Å². The average Bonchev–Trinajstić information content (AvgIpc) is 1.49. The Hall–Kier alpha value is -8.69. The number of aromatic nitrogens is 4. The van der Waals surface area contributed by atoms with Crippen LogP contribution < -0.4 is 14.1 Å². The van der Waals surface area contributed by atoms with Crippen molar-refractivity contribution in [3.05, 3.63) is 255 Å². The Kier molecular flexibility index (Phi) is 47.2. The van der Waals surface area contributed by atoms with Gasteiger partial charge in [-0.1, -0.05) is 103 Å². The van der Waals surface area contributed by atoms with Gasteiger partial charge in [0.2, 0.25) is 0 Å². The number of thiocarbonyl (C=S) groups is 2. The number of benzene rings is 6. The first kappa shape index (κ1) is 108. The van der Waals surface area contributed by atoms with Crippen LogP contribution in [0.3, 0.4) is 0 Å². The molecule has 0 aliphatic carbocycles. The number of hydrogen-bond acceptors (Lipinski definition) is 17. The predicted octanol–water partition coefficient (Wildman–Crippen LogP) is 11.8. The van der Waals surface area contributed by atoms with Gasteiger partial charge >= 0.3 is 86.7 Å². The van der Waals surface area contributed by atoms with E-state index >= 15 is 0 Å². The van der Waals surface area contributed by atoms with E-state index in [-0.39, 0.29) is 72.0 Å². The van der Waals surface area contributed by atoms with E-state index in [4.69, 9.17) is 36.4 Å². The van der Waals surface area contributed by atoms with Crippen LogP contribution in [0.4, 0.5) is 32.9 Å². The van der Waals surface area contributed by atoms with Gasteiger partial charge in [-0.3, -0.25) is 47.9 Å². The van der Waals surface area contributed by atoms with Gasteiger partial charge in [0, 0.05) is 78.6 Å². The fraction of sp³-hybridized carbons (Fsp3) is 0.289. The molecule has 8 aromatic rings. The summed E-state index contributed by atoms with van der Waals surface area (Å²) in [5, 5.41) is 19.2. The summed E-state index contributed by atoms with van der Waals surface area (Å²) in [5.41, 5.74) is 0.0947. The molecule has 6 aromatic carbocycles. The standard InChI is InChI=1S/C35H36N3O4S2.C18H14OS.C17H23N3O4S.C7H6N4O.C4H8O.CH3I.CH4.12FH.H2S.2Sb.H/c1-3-37-32(39)30(33(40)38(4-2)35(37)43)18-13-25-36-24-12-11-19-31(36)34(41)42-26-20-22-29(23-21-26)44(27-14-7-5-8-15-27)28-16-9-6-10-17-28;19-15-11-13-18(14-12-15)20(16-7-3-1-4-8-16)17-9-5-2-6-10-17;1-3-19-14(21)12(15(22)20(4-2)17(19)25)8-7-11-18-10-6-5-9-13(18)16(23)24;12-7(10-3-1-8-5-10)11-4-2-9-6-11;1-2-4-5-3-1;1-2;;;;;;;;;;;;;;;;;/h5-10,13-18,20-23,25,31H,3-4,11-12,19,24H2,1-2H3;1-14H;7-8,11,13H,3-6,9-10H2,1-2H3,(H,23,24);1-6H;1-4H2;1H3;1H4;12*1H;1H2;;;/q+1;;;;;;;;;;;;;;;;;;;;+4;+5;/p-12/b25-13+;;11-7+;;;;;;;;;;;;;;;;;;;;/i;;;;;1D;;;;;;;;;;;;;;;;;/hD. The number of carbonyl (C=O) groups excluding carboxylic acids is 6. The molecule has 13 rings (SSSR count). The molecule has 0 radical (unpaired) electrons. The number of imidazole rings is 2. The third-order valence-corrected chi connectivity index (χ3v) is 22.7. The van der Waals surface area contributed by atoms with Crippen LogP contribution in [-0.2, 0) is 68.7 Å². The number of halogens is 13. The summed E-state index contributed by atoms with van der Waals surface area (Å²) >= 11 is -2.62. The number of likely N-dealkylation sites (N-methyl/N-ethyl adjacent to an activating group) is 4. The molecule has 0 bridgehead atoms. The summed E-state index contributed by atoms with van der Waals surface area (Å²) < 4.78 is 124. The maximum atomic E-state index is 13.4. The molecule has 5 fully saturated rings. The normalized spacial score (nSPS) is 16.4. The number of carbonyl (C=O) groups is 7. The molecule has 0 spiro atoms. The summed E-state index contributed by atoms with van der Waals surface area (Å²) in [4.78, 5) is 112. The number of piperidine rings is 2. The fourth-order valence-corrected chi connectivity index (χ4v) is 16.9. The zero-order chi connectivity index (χ0) is 90.9. The Balaban J connectivity index is 0.000000556. The summed E-state index contributed by atoms with van der Waals surface area (Å²) in [5.74, 6) is -2.03. The number of aromatic hydroxyl groups is 1. The van der Waals surface area contributed by atoms with Crippen LogP contribution >= 0.6 is 47.0 Å². The van der Waals surface area contributed by atoms with E-state index in [0.717, 1.165) is 43.8 Å². The number of aliphatic carboxylic acids is 1. The van der Waals surface area contributed by atoms with Crippen molar-refractivity contribution >= 4 is 175 Å². The van der Waals surface area contributed by atoms with Crippen LogP contribution in [0.2, 0.25) is 0 Å². The van der Waals surface area contributed by atoms with Crippen LogP contribution in [0.25, 0.3) is 0 Å². The van der Waals surface area contributed by atoms with E-state index in [1.165, 1.54) is 90.9 Å². The number of phenolic OH excluding ortho intramolecular Hbond substituents is 1. The number of alkyl halides is 1. The summed E-state index contributed by atoms with van der Waals surface area (Å²) in [6, 6.07) is 55.8. The van der Waals surface area contributed by atoms with Gasteiger partial charge in [-0.2, -0.15) is 1.12 Å². The second-order valence-corrected chi connectivity index (χ2v) is 38.1. The van der Waals surface area contributed by atoms with Crippen LogP contribution in [0.5, 0.6) is 11.5 Å². The summed E-state index contributed by atoms with van der Waals surface area (Å²) in [6.45, 7) is 12.1. The molecule has 5 aliphatic heterocycles. The van der Waals surface area contributed by atoms with Gasteiger partial charge in [0.1, 0.15) is 47.4 Å². The molecule has 2 atom stereocenters. The van der Waals surface area contributed by atoms with Crippen molar-refractivity contribution in [1.29, 1.82) is 1.12 Å². The molecule has 0 saturated carbocycles. The van der Waals surface area contributed by atoms with Crippen molar-refractivity contribution in [3.8, 4) is 11.5 Å². The number of carboxylic acids is 1. The first-order valence-corrected chi connectivity index (χ1v) is 52.4. The molecule has 41 heteroatoms. The van der Waals surface area contributed by atoms with Crippen molar-refractivity contribution in [3.63, 3.8) is 0 Å². The molecule has 2 unspecified atom stereocenters. The van der Waals surface area contributed by atoms with Crippen molar-refractivity contribution < 1.29 is 92.2 Å². The SMILES string of the molecule is C.C1CCOC1.CCN1C(=O)C(=C/C=C/N2CCCCC2C(=O)O)C(=O)N(CC)C1=S.CCN1C(=O)C(=C/C=C/N2CCCCC2C(=O)Oc2ccc([S+](c3ccccc3)c3ccccc3)cc2)C(=O)N(CC)C1=S.O=C(n1ccnc1)n1ccnc1.Oc1ccc([S+](c2ccccc2)c2ccccc2)cc1.[2H]CI.[2H][S-].[F-].[F-].[F][SbH-]([F])([F])([F])[F].[F][Sb]([F])([F])([F])[F]. The molecule has 2 aromatic heterocycles. The molecule has 4 amide bonds. The number of hydrogen-bond donors (Lipinski definition) is 2. The third kappa shape index (κ3) is 37.1. The minimum atomic E-state index is -9.26. The minimum absolute atomic E-state index is 0. The van der Waals surface area contributed by atoms with E-state index in [1.54, 1.807) is 80.2 Å². The summed E-state index contributed by atoms with van der Waals surface area (Å²) in [6.07, 6.45) is 26.2. The average molecular weight is 2170 g/mol. The molecule has 124 heavy (non-hydrogen) atoms. The number of carboxylic acid groups (broad SMARTS) is 1. The topological polar surface area (TPSA) is 233 Å². The Labute approximate surface area is 761 Å². The molecule has 5 aliphatic rings. The number of nitrogens with zero attached hydrogens (tertiary/aromatic N) is 10. The molecule has 21 nitrogen and oxygen atoms in total. The Bertz CT molecular complexity index is 4590.